The number of nitrogens with zero attached hydrogens (tertiary/aromatic N) is 3. The third kappa shape index (κ3) is 2.66. The van der Waals surface area contributed by atoms with Crippen LogP contribution in [0.3, 0.4) is 0 Å². The molecule has 0 amide bonds. The van der Waals surface area contributed by atoms with Gasteiger partial charge in [0, 0.05) is 31.5 Å². The summed E-state index contributed by atoms with van der Waals surface area (Å²) in [6.07, 6.45) is 8.25. The van der Waals surface area contributed by atoms with E-state index in [2.05, 4.69) is 15.2 Å². The van der Waals surface area contributed by atoms with Crippen LogP contribution < -0.4 is 15.8 Å². The molecule has 0 spiro atoms. The standard InChI is InChI=1S/C14H22N4O/c1-15-9-11-3-2-7-17(10-11)13-14(19)18(8-6-16-13)12-4-5-12/h6,8,11-12,15H,2-5,7,9-10H2,1H3. The van der Waals surface area contributed by atoms with Crippen molar-refractivity contribution < 1.29 is 0 Å². The van der Waals surface area contributed by atoms with Gasteiger partial charge < -0.3 is 14.8 Å². The van der Waals surface area contributed by atoms with Crippen molar-refractivity contribution in [3.05, 3.63) is 22.7 Å². The Morgan fingerprint density at radius 3 is 3.00 bits per heavy atom. The van der Waals surface area contributed by atoms with E-state index >= 15 is 0 Å². The van der Waals surface area contributed by atoms with Crippen molar-refractivity contribution in [3.63, 3.8) is 0 Å². The van der Waals surface area contributed by atoms with Crippen LogP contribution in [0.5, 0.6) is 0 Å². The molecule has 19 heavy (non-hydrogen) atoms. The van der Waals surface area contributed by atoms with E-state index in [0.717, 1.165) is 38.9 Å². The minimum absolute atomic E-state index is 0.0927. The molecule has 1 unspecified atom stereocenters. The molecule has 1 atom stereocenters. The van der Waals surface area contributed by atoms with Gasteiger partial charge in [0.15, 0.2) is 5.82 Å². The van der Waals surface area contributed by atoms with Crippen molar-refractivity contribution in [1.82, 2.24) is 14.9 Å². The maximum Gasteiger partial charge on any atom is 0.293 e. The second-order valence-electron chi connectivity index (χ2n) is 5.71. The second-order valence-corrected chi connectivity index (χ2v) is 5.71. The number of anilines is 1. The zero-order valence-corrected chi connectivity index (χ0v) is 11.5. The molecule has 104 valence electrons. The van der Waals surface area contributed by atoms with Crippen LogP contribution in [0.4, 0.5) is 5.82 Å². The summed E-state index contributed by atoms with van der Waals surface area (Å²) >= 11 is 0. The molecule has 1 N–H and O–H groups in total. The van der Waals surface area contributed by atoms with E-state index in [1.54, 1.807) is 6.20 Å². The smallest absolute Gasteiger partial charge is 0.293 e. The van der Waals surface area contributed by atoms with Gasteiger partial charge in [0.2, 0.25) is 0 Å². The molecule has 1 aromatic heterocycles. The molecular weight excluding hydrogens is 240 g/mol. The molecule has 1 aliphatic carbocycles. The lowest BCUT2D eigenvalue weighted by atomic mass is 9.98. The second kappa shape index (κ2) is 5.33. The Labute approximate surface area is 113 Å². The highest BCUT2D eigenvalue weighted by molar-refractivity contribution is 5.36. The number of nitrogens with one attached hydrogen (secondary N) is 1. The van der Waals surface area contributed by atoms with E-state index in [1.165, 1.54) is 6.42 Å². The van der Waals surface area contributed by atoms with Crippen molar-refractivity contribution in [1.29, 1.82) is 0 Å². The minimum atomic E-state index is 0.0927. The van der Waals surface area contributed by atoms with E-state index in [4.69, 9.17) is 0 Å². The van der Waals surface area contributed by atoms with E-state index < -0.39 is 0 Å². The van der Waals surface area contributed by atoms with Crippen LogP contribution in [-0.2, 0) is 0 Å². The van der Waals surface area contributed by atoms with Crippen molar-refractivity contribution in [2.75, 3.05) is 31.6 Å². The van der Waals surface area contributed by atoms with Crippen molar-refractivity contribution in [3.8, 4) is 0 Å². The lowest BCUT2D eigenvalue weighted by molar-refractivity contribution is 0.400. The van der Waals surface area contributed by atoms with E-state index in [1.807, 2.05) is 17.8 Å². The maximum absolute atomic E-state index is 12.5. The highest BCUT2D eigenvalue weighted by Gasteiger charge is 2.28. The molecular formula is C14H22N4O. The minimum Gasteiger partial charge on any atom is -0.352 e. The van der Waals surface area contributed by atoms with Gasteiger partial charge in [-0.2, -0.15) is 0 Å². The van der Waals surface area contributed by atoms with Gasteiger partial charge in [-0.25, -0.2) is 4.98 Å². The maximum atomic E-state index is 12.5. The normalized spacial score (nSPS) is 23.6. The Hall–Kier alpha value is -1.36. The zero-order valence-electron chi connectivity index (χ0n) is 11.5. The Bertz CT molecular complexity index is 492. The van der Waals surface area contributed by atoms with Crippen molar-refractivity contribution in [2.45, 2.75) is 31.7 Å². The molecule has 2 fully saturated rings. The van der Waals surface area contributed by atoms with Crippen LogP contribution in [0.15, 0.2) is 17.2 Å². The molecule has 1 aromatic rings. The lowest BCUT2D eigenvalue weighted by Gasteiger charge is -2.33. The van der Waals surface area contributed by atoms with Gasteiger partial charge in [-0.05, 0) is 45.2 Å². The molecule has 0 radical (unpaired) electrons. The first-order chi connectivity index (χ1) is 9.29. The summed E-state index contributed by atoms with van der Waals surface area (Å²) in [4.78, 5) is 19.0. The predicted octanol–water partition coefficient (Wildman–Crippen LogP) is 1.01. The number of aromatic nitrogens is 2. The zero-order chi connectivity index (χ0) is 13.2. The first-order valence-corrected chi connectivity index (χ1v) is 7.26. The summed E-state index contributed by atoms with van der Waals surface area (Å²) in [6.45, 7) is 2.91. The molecule has 1 aliphatic heterocycles. The van der Waals surface area contributed by atoms with Gasteiger partial charge in [0.25, 0.3) is 5.56 Å². The van der Waals surface area contributed by atoms with Gasteiger partial charge in [0.05, 0.1) is 0 Å². The van der Waals surface area contributed by atoms with Crippen LogP contribution in [0.2, 0.25) is 0 Å². The number of piperidine rings is 1. The molecule has 0 aromatic carbocycles. The quantitative estimate of drug-likeness (QED) is 0.880. The third-order valence-corrected chi connectivity index (χ3v) is 4.10. The summed E-state index contributed by atoms with van der Waals surface area (Å²) in [6, 6.07) is 0.423. The fraction of sp³-hybridized carbons (Fsp3) is 0.714. The topological polar surface area (TPSA) is 50.2 Å². The molecule has 3 rings (SSSR count). The van der Waals surface area contributed by atoms with E-state index in [-0.39, 0.29) is 5.56 Å². The van der Waals surface area contributed by atoms with Gasteiger partial charge >= 0.3 is 0 Å². The fourth-order valence-corrected chi connectivity index (χ4v) is 2.98. The molecule has 0 bridgehead atoms. The molecule has 1 saturated carbocycles. The van der Waals surface area contributed by atoms with Gasteiger partial charge in [-0.15, -0.1) is 0 Å². The largest absolute Gasteiger partial charge is 0.352 e. The molecule has 5 nitrogen and oxygen atoms in total. The third-order valence-electron chi connectivity index (χ3n) is 4.10. The van der Waals surface area contributed by atoms with E-state index in [9.17, 15) is 4.79 Å². The van der Waals surface area contributed by atoms with Gasteiger partial charge in [-0.3, -0.25) is 4.79 Å². The van der Waals surface area contributed by atoms with Crippen LogP contribution in [0, 0.1) is 5.92 Å². The Morgan fingerprint density at radius 2 is 2.26 bits per heavy atom. The fourth-order valence-electron chi connectivity index (χ4n) is 2.98. The highest BCUT2D eigenvalue weighted by atomic mass is 16.1. The SMILES string of the molecule is CNCC1CCCN(c2nccn(C3CC3)c2=O)C1. The van der Waals surface area contributed by atoms with Crippen LogP contribution >= 0.6 is 0 Å². The average molecular weight is 262 g/mol. The van der Waals surface area contributed by atoms with Crippen molar-refractivity contribution >= 4 is 5.82 Å². The molecule has 5 heteroatoms. The van der Waals surface area contributed by atoms with Gasteiger partial charge in [0.1, 0.15) is 0 Å². The van der Waals surface area contributed by atoms with Crippen LogP contribution in [0.25, 0.3) is 0 Å². The predicted molar refractivity (Wildman–Crippen MR) is 75.6 cm³/mol. The van der Waals surface area contributed by atoms with Crippen molar-refractivity contribution in [2.24, 2.45) is 5.92 Å². The average Bonchev–Trinajstić information content (AvgIpc) is 3.24. The van der Waals surface area contributed by atoms with Crippen LogP contribution in [0.1, 0.15) is 31.7 Å². The molecule has 1 saturated heterocycles. The first-order valence-electron chi connectivity index (χ1n) is 7.26. The number of hydrogen-bond donors (Lipinski definition) is 1. The number of hydrogen-bond acceptors (Lipinski definition) is 4. The Kier molecular flexibility index (Phi) is 3.55. The molecule has 2 heterocycles. The summed E-state index contributed by atoms with van der Waals surface area (Å²) < 4.78 is 1.87. The summed E-state index contributed by atoms with van der Waals surface area (Å²) in [7, 11) is 1.99. The Morgan fingerprint density at radius 1 is 1.42 bits per heavy atom. The van der Waals surface area contributed by atoms with E-state index in [0.29, 0.717) is 17.8 Å². The highest BCUT2D eigenvalue weighted by Crippen LogP contribution is 2.33. The molecule has 2 aliphatic rings. The summed E-state index contributed by atoms with van der Waals surface area (Å²) in [5, 5.41) is 3.23. The number of rotatable bonds is 4. The summed E-state index contributed by atoms with van der Waals surface area (Å²) in [5.41, 5.74) is 0.0927. The summed E-state index contributed by atoms with van der Waals surface area (Å²) in [5.74, 6) is 1.27. The lowest BCUT2D eigenvalue weighted by Crippen LogP contribution is -2.42. The monoisotopic (exact) mass is 262 g/mol. The van der Waals surface area contributed by atoms with Crippen LogP contribution in [-0.4, -0.2) is 36.2 Å². The first kappa shape index (κ1) is 12.7. The Balaban J connectivity index is 1.81. The van der Waals surface area contributed by atoms with Gasteiger partial charge in [-0.1, -0.05) is 0 Å².